The van der Waals surface area contributed by atoms with Gasteiger partial charge in [-0.1, -0.05) is 0 Å². The van der Waals surface area contributed by atoms with Crippen molar-refractivity contribution in [1.82, 2.24) is 20.3 Å². The number of aromatic nitrogens is 3. The summed E-state index contributed by atoms with van der Waals surface area (Å²) in [5.41, 5.74) is 13.2. The minimum Gasteiger partial charge on any atom is -0.490 e. The van der Waals surface area contributed by atoms with Gasteiger partial charge in [-0.2, -0.15) is 0 Å². The highest BCUT2D eigenvalue weighted by Gasteiger charge is 2.25. The summed E-state index contributed by atoms with van der Waals surface area (Å²) in [6.45, 7) is 3.19. The van der Waals surface area contributed by atoms with Crippen LogP contribution in [0.2, 0.25) is 0 Å². The number of nitrogen functional groups attached to an aromatic ring is 1. The Morgan fingerprint density at radius 2 is 2.16 bits per heavy atom. The number of nitrogens with two attached hydrogens (primary N) is 2. The van der Waals surface area contributed by atoms with Crippen LogP contribution in [0.25, 0.3) is 5.57 Å². The number of aliphatic imine (C=N–C) groups is 1. The van der Waals surface area contributed by atoms with E-state index in [0.717, 1.165) is 43.5 Å². The van der Waals surface area contributed by atoms with E-state index in [9.17, 15) is 4.39 Å². The molecule has 2 aliphatic rings. The molecule has 0 radical (unpaired) electrons. The highest BCUT2D eigenvalue weighted by molar-refractivity contribution is 6.10. The van der Waals surface area contributed by atoms with Gasteiger partial charge in [-0.15, -0.1) is 0 Å². The van der Waals surface area contributed by atoms with Crippen LogP contribution in [0, 0.1) is 0 Å². The molecule has 31 heavy (non-hydrogen) atoms. The predicted octanol–water partition coefficient (Wildman–Crippen LogP) is 2.50. The summed E-state index contributed by atoms with van der Waals surface area (Å²) < 4.78 is 19.7. The molecule has 2 atom stereocenters. The summed E-state index contributed by atoms with van der Waals surface area (Å²) in [4.78, 5) is 17.2. The molecule has 9 nitrogen and oxygen atoms in total. The normalized spacial score (nSPS) is 20.2. The Morgan fingerprint density at radius 1 is 1.32 bits per heavy atom. The Hall–Kier alpha value is -3.27. The number of halogens is 1. The number of anilines is 3. The van der Waals surface area contributed by atoms with Crippen molar-refractivity contribution in [2.75, 3.05) is 24.1 Å². The standard InChI is InChI=1S/C21H27FN8O/c1-12(22)21-28-18(24)7-20(30-21)29-19-6-17(31-15-2-3-15)16(11-27-19)13(8-23)9-26-14-4-5-25-10-14/h6-9,11-12,14-15,25H,2-5,10,23H2,1H3,(H3,24,27,28,29,30)/b13-8+,26-9?. The van der Waals surface area contributed by atoms with Crippen LogP contribution >= 0.6 is 0 Å². The fraction of sp³-hybridized carbons (Fsp3) is 0.429. The van der Waals surface area contributed by atoms with Crippen LogP contribution < -0.4 is 26.8 Å². The Labute approximate surface area is 180 Å². The minimum absolute atomic E-state index is 0.0135. The molecule has 1 saturated heterocycles. The quantitative estimate of drug-likeness (QED) is 0.473. The molecule has 1 saturated carbocycles. The number of ether oxygens (including phenoxy) is 1. The van der Waals surface area contributed by atoms with Gasteiger partial charge in [0.2, 0.25) is 0 Å². The van der Waals surface area contributed by atoms with Gasteiger partial charge in [-0.25, -0.2) is 19.3 Å². The van der Waals surface area contributed by atoms with Crippen molar-refractivity contribution in [3.05, 3.63) is 35.9 Å². The lowest BCUT2D eigenvalue weighted by molar-refractivity contribution is 0.302. The van der Waals surface area contributed by atoms with E-state index >= 15 is 0 Å². The molecule has 164 valence electrons. The van der Waals surface area contributed by atoms with Crippen molar-refractivity contribution in [3.8, 4) is 5.75 Å². The first-order valence-corrected chi connectivity index (χ1v) is 10.4. The van der Waals surface area contributed by atoms with Crippen molar-refractivity contribution >= 4 is 29.2 Å². The maximum absolute atomic E-state index is 13.6. The average Bonchev–Trinajstić information content (AvgIpc) is 3.40. The van der Waals surface area contributed by atoms with Gasteiger partial charge in [-0.3, -0.25) is 4.99 Å². The van der Waals surface area contributed by atoms with Crippen molar-refractivity contribution in [2.45, 2.75) is 44.5 Å². The van der Waals surface area contributed by atoms with E-state index in [-0.39, 0.29) is 23.8 Å². The molecule has 4 rings (SSSR count). The van der Waals surface area contributed by atoms with Gasteiger partial charge in [0.25, 0.3) is 0 Å². The summed E-state index contributed by atoms with van der Waals surface area (Å²) in [5, 5.41) is 6.35. The number of hydrogen-bond donors (Lipinski definition) is 4. The molecule has 0 amide bonds. The fourth-order valence-electron chi connectivity index (χ4n) is 3.20. The number of pyridine rings is 1. The molecule has 1 aliphatic carbocycles. The van der Waals surface area contributed by atoms with E-state index in [0.29, 0.717) is 17.4 Å². The molecular formula is C21H27FN8O. The highest BCUT2D eigenvalue weighted by atomic mass is 19.1. The van der Waals surface area contributed by atoms with E-state index in [4.69, 9.17) is 16.2 Å². The molecule has 10 heteroatoms. The SMILES string of the molecule is CC(F)c1nc(N)cc(Nc2cc(OC3CC3)c(/C(C=NC3CCNC3)=C/N)cn2)n1. The Kier molecular flexibility index (Phi) is 6.26. The molecule has 2 fully saturated rings. The summed E-state index contributed by atoms with van der Waals surface area (Å²) in [5.74, 6) is 1.68. The van der Waals surface area contributed by atoms with Crippen molar-refractivity contribution < 1.29 is 9.13 Å². The van der Waals surface area contributed by atoms with E-state index < -0.39 is 6.17 Å². The Morgan fingerprint density at radius 3 is 2.84 bits per heavy atom. The summed E-state index contributed by atoms with van der Waals surface area (Å²) in [7, 11) is 0. The van der Waals surface area contributed by atoms with Crippen LogP contribution in [0.15, 0.2) is 29.5 Å². The first-order valence-electron chi connectivity index (χ1n) is 10.4. The maximum Gasteiger partial charge on any atom is 0.166 e. The maximum atomic E-state index is 13.6. The smallest absolute Gasteiger partial charge is 0.166 e. The second kappa shape index (κ2) is 9.25. The number of allylic oxidation sites excluding steroid dienone is 1. The van der Waals surface area contributed by atoms with Crippen LogP contribution in [0.5, 0.6) is 5.75 Å². The van der Waals surface area contributed by atoms with Crippen LogP contribution in [-0.4, -0.2) is 46.4 Å². The molecule has 2 aromatic rings. The van der Waals surface area contributed by atoms with Gasteiger partial charge < -0.3 is 26.8 Å². The molecule has 0 spiro atoms. The largest absolute Gasteiger partial charge is 0.490 e. The van der Waals surface area contributed by atoms with Gasteiger partial charge in [0.1, 0.15) is 23.2 Å². The van der Waals surface area contributed by atoms with E-state index in [1.807, 2.05) is 0 Å². The second-order valence-corrected chi connectivity index (χ2v) is 7.71. The predicted molar refractivity (Wildman–Crippen MR) is 119 cm³/mol. The third-order valence-corrected chi connectivity index (χ3v) is 5.01. The zero-order valence-electron chi connectivity index (χ0n) is 17.4. The highest BCUT2D eigenvalue weighted by Crippen LogP contribution is 2.34. The van der Waals surface area contributed by atoms with Gasteiger partial charge in [-0.05, 0) is 32.7 Å². The van der Waals surface area contributed by atoms with Crippen LogP contribution in [-0.2, 0) is 0 Å². The van der Waals surface area contributed by atoms with Crippen LogP contribution in [0.3, 0.4) is 0 Å². The van der Waals surface area contributed by atoms with E-state index in [2.05, 4.69) is 30.6 Å². The zero-order chi connectivity index (χ0) is 21.8. The summed E-state index contributed by atoms with van der Waals surface area (Å²) in [6, 6.07) is 3.54. The third-order valence-electron chi connectivity index (χ3n) is 5.01. The van der Waals surface area contributed by atoms with Gasteiger partial charge in [0, 0.05) is 48.4 Å². The van der Waals surface area contributed by atoms with Crippen molar-refractivity contribution in [3.63, 3.8) is 0 Å². The number of nitrogens with zero attached hydrogens (tertiary/aromatic N) is 4. The molecule has 3 heterocycles. The molecule has 1 aliphatic heterocycles. The second-order valence-electron chi connectivity index (χ2n) is 7.71. The summed E-state index contributed by atoms with van der Waals surface area (Å²) >= 11 is 0. The fourth-order valence-corrected chi connectivity index (χ4v) is 3.20. The number of alkyl halides is 1. The molecule has 2 unspecified atom stereocenters. The van der Waals surface area contributed by atoms with Gasteiger partial charge >= 0.3 is 0 Å². The molecular weight excluding hydrogens is 399 g/mol. The summed E-state index contributed by atoms with van der Waals surface area (Å²) in [6.07, 6.45) is 6.83. The Balaban J connectivity index is 1.59. The molecule has 0 bridgehead atoms. The van der Waals surface area contributed by atoms with Crippen molar-refractivity contribution in [1.29, 1.82) is 0 Å². The number of hydrogen-bond acceptors (Lipinski definition) is 9. The third kappa shape index (κ3) is 5.46. The lowest BCUT2D eigenvalue weighted by Gasteiger charge is -2.14. The van der Waals surface area contributed by atoms with E-state index in [1.165, 1.54) is 19.2 Å². The van der Waals surface area contributed by atoms with E-state index in [1.54, 1.807) is 18.5 Å². The molecule has 0 aromatic carbocycles. The monoisotopic (exact) mass is 426 g/mol. The zero-order valence-corrected chi connectivity index (χ0v) is 17.4. The van der Waals surface area contributed by atoms with Crippen LogP contribution in [0.4, 0.5) is 21.8 Å². The minimum atomic E-state index is -1.33. The number of nitrogens with one attached hydrogen (secondary N) is 2. The lowest BCUT2D eigenvalue weighted by atomic mass is 10.1. The van der Waals surface area contributed by atoms with Gasteiger partial charge in [0.05, 0.1) is 12.1 Å². The Bertz CT molecular complexity index is 983. The molecule has 2 aromatic heterocycles. The first kappa shape index (κ1) is 21.0. The van der Waals surface area contributed by atoms with Gasteiger partial charge in [0.15, 0.2) is 12.0 Å². The number of rotatable bonds is 8. The average molecular weight is 427 g/mol. The topological polar surface area (TPSA) is 136 Å². The van der Waals surface area contributed by atoms with Crippen LogP contribution in [0.1, 0.15) is 43.7 Å². The van der Waals surface area contributed by atoms with Crippen molar-refractivity contribution in [2.24, 2.45) is 10.7 Å². The first-order chi connectivity index (χ1) is 15.0. The lowest BCUT2D eigenvalue weighted by Crippen LogP contribution is -2.11. The molecule has 6 N–H and O–H groups in total.